The minimum Gasteiger partial charge on any atom is -0.497 e. The van der Waals surface area contributed by atoms with E-state index in [4.69, 9.17) is 10.5 Å². The zero-order valence-corrected chi connectivity index (χ0v) is 16.8. The van der Waals surface area contributed by atoms with E-state index in [2.05, 4.69) is 0 Å². The summed E-state index contributed by atoms with van der Waals surface area (Å²) in [4.78, 5) is 14.5. The molecule has 1 heterocycles. The monoisotopic (exact) mass is 419 g/mol. The third-order valence-corrected chi connectivity index (χ3v) is 7.09. The van der Waals surface area contributed by atoms with E-state index >= 15 is 0 Å². The van der Waals surface area contributed by atoms with Gasteiger partial charge in [0.25, 0.3) is 0 Å². The van der Waals surface area contributed by atoms with Crippen molar-refractivity contribution in [3.8, 4) is 5.75 Å². The average Bonchev–Trinajstić information content (AvgIpc) is 3.00. The lowest BCUT2D eigenvalue weighted by atomic mass is 10.1. The molecule has 2 aliphatic rings. The zero-order chi connectivity index (χ0) is 18.9. The highest BCUT2D eigenvalue weighted by molar-refractivity contribution is 7.89. The van der Waals surface area contributed by atoms with E-state index in [-0.39, 0.29) is 48.3 Å². The van der Waals surface area contributed by atoms with Crippen LogP contribution < -0.4 is 10.5 Å². The predicted octanol–water partition coefficient (Wildman–Crippen LogP) is 0.0481. The highest BCUT2D eigenvalue weighted by atomic mass is 35.5. The predicted molar refractivity (Wildman–Crippen MR) is 102 cm³/mol. The normalized spacial score (nSPS) is 26.5. The van der Waals surface area contributed by atoms with Gasteiger partial charge in [0.2, 0.25) is 15.9 Å². The van der Waals surface area contributed by atoms with Gasteiger partial charge in [0.15, 0.2) is 0 Å². The maximum absolute atomic E-state index is 12.7. The number of nitrogens with zero attached hydrogens (tertiary/aromatic N) is 2. The zero-order valence-electron chi connectivity index (χ0n) is 15.2. The van der Waals surface area contributed by atoms with Gasteiger partial charge in [-0.25, -0.2) is 8.42 Å². The summed E-state index contributed by atoms with van der Waals surface area (Å²) in [7, 11) is -2.07. The molecule has 1 aliphatic carbocycles. The molecule has 1 saturated heterocycles. The number of carbonyl (C=O) groups excluding carboxylic acids is 1. The number of sulfonamides is 1. The Morgan fingerprint density at radius 3 is 2.22 bits per heavy atom. The number of ether oxygens (including phenoxy) is 1. The summed E-state index contributed by atoms with van der Waals surface area (Å²) in [6.45, 7) is 1.19. The van der Waals surface area contributed by atoms with Crippen LogP contribution in [-0.4, -0.2) is 74.1 Å². The molecule has 10 heteroatoms. The summed E-state index contributed by atoms with van der Waals surface area (Å²) in [5.41, 5.74) is 5.78. The van der Waals surface area contributed by atoms with Gasteiger partial charge in [-0.15, -0.1) is 12.4 Å². The fourth-order valence-electron chi connectivity index (χ4n) is 3.55. The maximum atomic E-state index is 12.7. The number of aliphatic hydroxyl groups is 1. The number of hydrogen-bond donors (Lipinski definition) is 2. The molecule has 3 rings (SSSR count). The molecule has 0 aromatic heterocycles. The van der Waals surface area contributed by atoms with Gasteiger partial charge < -0.3 is 20.5 Å². The molecule has 3 N–H and O–H groups in total. The SMILES string of the molecule is COc1ccc(S(=O)(=O)N2CCN(C(=O)[C@H]3C[C@H](N)[C@@H](O)C3)CC2)cc1.Cl. The van der Waals surface area contributed by atoms with Gasteiger partial charge in [-0.1, -0.05) is 0 Å². The standard InChI is InChI=1S/C17H25N3O5S.ClH/c1-25-13-2-4-14(5-3-13)26(23,24)20-8-6-19(7-9-20)17(22)12-10-15(18)16(21)11-12;/h2-5,12,15-16,21H,6-11,18H2,1H3;1H/t12-,15-,16-;/m0./s1. The molecule has 1 aliphatic heterocycles. The second-order valence-electron chi connectivity index (χ2n) is 6.80. The molecular weight excluding hydrogens is 394 g/mol. The number of piperazine rings is 1. The van der Waals surface area contributed by atoms with E-state index in [0.29, 0.717) is 31.7 Å². The Balaban J connectivity index is 0.00000261. The second kappa shape index (κ2) is 8.74. The largest absolute Gasteiger partial charge is 0.497 e. The lowest BCUT2D eigenvalue weighted by Gasteiger charge is -2.35. The number of aliphatic hydroxyl groups excluding tert-OH is 1. The highest BCUT2D eigenvalue weighted by Gasteiger charge is 2.38. The Morgan fingerprint density at radius 2 is 1.74 bits per heavy atom. The van der Waals surface area contributed by atoms with Crippen LogP contribution in [0.4, 0.5) is 0 Å². The first-order chi connectivity index (χ1) is 12.3. The van der Waals surface area contributed by atoms with Crippen LogP contribution in [0.2, 0.25) is 0 Å². The molecule has 1 amide bonds. The van der Waals surface area contributed by atoms with Crippen LogP contribution in [0.15, 0.2) is 29.2 Å². The molecule has 2 fully saturated rings. The number of nitrogens with two attached hydrogens (primary N) is 1. The van der Waals surface area contributed by atoms with E-state index in [0.717, 1.165) is 0 Å². The fraction of sp³-hybridized carbons (Fsp3) is 0.588. The van der Waals surface area contributed by atoms with Crippen LogP contribution in [-0.2, 0) is 14.8 Å². The maximum Gasteiger partial charge on any atom is 0.243 e. The van der Waals surface area contributed by atoms with Gasteiger partial charge in [0.05, 0.1) is 18.1 Å². The van der Waals surface area contributed by atoms with Gasteiger partial charge in [-0.3, -0.25) is 4.79 Å². The van der Waals surface area contributed by atoms with Gasteiger partial charge in [-0.2, -0.15) is 4.31 Å². The Morgan fingerprint density at radius 1 is 1.15 bits per heavy atom. The first kappa shape index (κ1) is 21.9. The van der Waals surface area contributed by atoms with Gasteiger partial charge in [0.1, 0.15) is 5.75 Å². The highest BCUT2D eigenvalue weighted by Crippen LogP contribution is 2.27. The van der Waals surface area contributed by atoms with Crippen molar-refractivity contribution in [3.63, 3.8) is 0 Å². The molecule has 0 bridgehead atoms. The molecule has 8 nitrogen and oxygen atoms in total. The number of rotatable bonds is 4. The smallest absolute Gasteiger partial charge is 0.243 e. The Bertz CT molecular complexity index is 740. The lowest BCUT2D eigenvalue weighted by Crippen LogP contribution is -2.51. The van der Waals surface area contributed by atoms with Crippen molar-refractivity contribution < 1.29 is 23.1 Å². The van der Waals surface area contributed by atoms with Crippen molar-refractivity contribution in [1.82, 2.24) is 9.21 Å². The van der Waals surface area contributed by atoms with Crippen molar-refractivity contribution in [1.29, 1.82) is 0 Å². The number of halogens is 1. The molecule has 1 saturated carbocycles. The number of amides is 1. The van der Waals surface area contributed by atoms with Crippen LogP contribution >= 0.6 is 12.4 Å². The molecule has 3 atom stereocenters. The Hall–Kier alpha value is -1.39. The second-order valence-corrected chi connectivity index (χ2v) is 8.74. The van der Waals surface area contributed by atoms with Gasteiger partial charge in [-0.05, 0) is 37.1 Å². The molecule has 0 unspecified atom stereocenters. The van der Waals surface area contributed by atoms with Gasteiger partial charge in [0, 0.05) is 38.1 Å². The molecule has 1 aromatic carbocycles. The van der Waals surface area contributed by atoms with Crippen LogP contribution in [0.1, 0.15) is 12.8 Å². The van der Waals surface area contributed by atoms with Crippen molar-refractivity contribution >= 4 is 28.3 Å². The van der Waals surface area contributed by atoms with E-state index in [9.17, 15) is 18.3 Å². The number of benzene rings is 1. The van der Waals surface area contributed by atoms with E-state index in [1.807, 2.05) is 0 Å². The topological polar surface area (TPSA) is 113 Å². The van der Waals surface area contributed by atoms with E-state index in [1.165, 1.54) is 23.5 Å². The summed E-state index contributed by atoms with van der Waals surface area (Å²) in [6, 6.07) is 5.91. The minimum atomic E-state index is -3.59. The molecular formula is C17H26ClN3O5S. The summed E-state index contributed by atoms with van der Waals surface area (Å²) in [6.07, 6.45) is 0.218. The summed E-state index contributed by atoms with van der Waals surface area (Å²) < 4.78 is 31.9. The quantitative estimate of drug-likeness (QED) is 0.712. The Kier molecular flexibility index (Phi) is 7.09. The minimum absolute atomic E-state index is 0. The third kappa shape index (κ3) is 4.55. The number of carbonyl (C=O) groups is 1. The van der Waals surface area contributed by atoms with Crippen LogP contribution in [0.25, 0.3) is 0 Å². The van der Waals surface area contributed by atoms with Crippen molar-refractivity contribution in [2.45, 2.75) is 29.9 Å². The number of methoxy groups -OCH3 is 1. The lowest BCUT2D eigenvalue weighted by molar-refractivity contribution is -0.136. The van der Waals surface area contributed by atoms with Crippen LogP contribution in [0.5, 0.6) is 5.75 Å². The number of hydrogen-bond acceptors (Lipinski definition) is 6. The van der Waals surface area contributed by atoms with E-state index < -0.39 is 16.1 Å². The van der Waals surface area contributed by atoms with E-state index in [1.54, 1.807) is 17.0 Å². The average molecular weight is 420 g/mol. The summed E-state index contributed by atoms with van der Waals surface area (Å²) >= 11 is 0. The first-order valence-corrected chi connectivity index (χ1v) is 10.1. The summed E-state index contributed by atoms with van der Waals surface area (Å²) in [5.74, 6) is 0.277. The Labute approximate surface area is 165 Å². The van der Waals surface area contributed by atoms with Crippen molar-refractivity contribution in [2.75, 3.05) is 33.3 Å². The van der Waals surface area contributed by atoms with Crippen molar-refractivity contribution in [3.05, 3.63) is 24.3 Å². The molecule has 1 aromatic rings. The van der Waals surface area contributed by atoms with Crippen LogP contribution in [0.3, 0.4) is 0 Å². The van der Waals surface area contributed by atoms with Gasteiger partial charge >= 0.3 is 0 Å². The molecule has 0 spiro atoms. The first-order valence-electron chi connectivity index (χ1n) is 8.69. The summed E-state index contributed by atoms with van der Waals surface area (Å²) in [5, 5.41) is 9.74. The van der Waals surface area contributed by atoms with Crippen LogP contribution in [0, 0.1) is 5.92 Å². The third-order valence-electron chi connectivity index (χ3n) is 5.17. The molecule has 27 heavy (non-hydrogen) atoms. The molecule has 0 radical (unpaired) electrons. The molecule has 152 valence electrons. The van der Waals surface area contributed by atoms with Crippen molar-refractivity contribution in [2.24, 2.45) is 11.7 Å². The fourth-order valence-corrected chi connectivity index (χ4v) is 4.98.